The van der Waals surface area contributed by atoms with Crippen LogP contribution in [0.15, 0.2) is 18.2 Å². The third-order valence-corrected chi connectivity index (χ3v) is 3.00. The number of carbonyl (C=O) groups is 1. The first-order chi connectivity index (χ1) is 8.11. The fourth-order valence-electron chi connectivity index (χ4n) is 2.00. The Hall–Kier alpha value is -1.71. The van der Waals surface area contributed by atoms with Crippen LogP contribution in [0.1, 0.15) is 19.4 Å². The van der Waals surface area contributed by atoms with Crippen molar-refractivity contribution in [2.24, 2.45) is 5.92 Å². The second kappa shape index (κ2) is 4.65. The highest BCUT2D eigenvalue weighted by Crippen LogP contribution is 2.33. The van der Waals surface area contributed by atoms with Crippen molar-refractivity contribution in [3.63, 3.8) is 0 Å². The molecular weight excluding hydrogens is 218 g/mol. The quantitative estimate of drug-likeness (QED) is 0.640. The van der Waals surface area contributed by atoms with Gasteiger partial charge in [0.25, 0.3) is 0 Å². The van der Waals surface area contributed by atoms with Gasteiger partial charge in [0.1, 0.15) is 11.9 Å². The molecule has 0 aliphatic carbocycles. The smallest absolute Gasteiger partial charge is 0.312 e. The van der Waals surface area contributed by atoms with Crippen molar-refractivity contribution in [1.82, 2.24) is 0 Å². The number of rotatable bonds is 3. The molecule has 1 aliphatic rings. The van der Waals surface area contributed by atoms with E-state index in [1.165, 1.54) is 0 Å². The molecule has 17 heavy (non-hydrogen) atoms. The van der Waals surface area contributed by atoms with E-state index in [2.05, 4.69) is 0 Å². The molecule has 2 unspecified atom stereocenters. The summed E-state index contributed by atoms with van der Waals surface area (Å²) in [7, 11) is 0. The van der Waals surface area contributed by atoms with E-state index in [0.29, 0.717) is 13.0 Å². The highest BCUT2D eigenvalue weighted by atomic mass is 16.5. The highest BCUT2D eigenvalue weighted by molar-refractivity contribution is 5.73. The summed E-state index contributed by atoms with van der Waals surface area (Å²) in [5, 5.41) is 0. The lowest BCUT2D eigenvalue weighted by atomic mass is 10.00. The zero-order chi connectivity index (χ0) is 12.4. The number of nitrogen functional groups attached to an aromatic ring is 1. The van der Waals surface area contributed by atoms with Crippen molar-refractivity contribution in [2.45, 2.75) is 26.4 Å². The molecule has 0 radical (unpaired) electrons. The molecule has 1 aliphatic heterocycles. The van der Waals surface area contributed by atoms with E-state index in [-0.39, 0.29) is 18.0 Å². The number of anilines is 1. The van der Waals surface area contributed by atoms with Crippen molar-refractivity contribution in [2.75, 3.05) is 12.3 Å². The maximum absolute atomic E-state index is 11.6. The molecule has 0 aromatic heterocycles. The second-order valence-electron chi connectivity index (χ2n) is 4.27. The SMILES string of the molecule is CCOC(=O)C(C)C1Cc2cc(N)ccc2O1. The third kappa shape index (κ3) is 2.35. The van der Waals surface area contributed by atoms with Crippen LogP contribution in [-0.4, -0.2) is 18.7 Å². The summed E-state index contributed by atoms with van der Waals surface area (Å²) in [6, 6.07) is 5.55. The molecule has 0 spiro atoms. The molecule has 0 bridgehead atoms. The number of carbonyl (C=O) groups excluding carboxylic acids is 1. The molecule has 0 fully saturated rings. The van der Waals surface area contributed by atoms with E-state index in [4.69, 9.17) is 15.2 Å². The van der Waals surface area contributed by atoms with Crippen LogP contribution >= 0.6 is 0 Å². The van der Waals surface area contributed by atoms with Gasteiger partial charge < -0.3 is 15.2 Å². The summed E-state index contributed by atoms with van der Waals surface area (Å²) >= 11 is 0. The van der Waals surface area contributed by atoms with Crippen molar-refractivity contribution >= 4 is 11.7 Å². The minimum atomic E-state index is -0.261. The van der Waals surface area contributed by atoms with Crippen LogP contribution in [0.25, 0.3) is 0 Å². The fourth-order valence-corrected chi connectivity index (χ4v) is 2.00. The topological polar surface area (TPSA) is 61.5 Å². The molecule has 4 heteroatoms. The number of fused-ring (bicyclic) bond motifs is 1. The number of benzene rings is 1. The Morgan fingerprint density at radius 2 is 2.41 bits per heavy atom. The van der Waals surface area contributed by atoms with Gasteiger partial charge in [-0.15, -0.1) is 0 Å². The van der Waals surface area contributed by atoms with Gasteiger partial charge in [-0.1, -0.05) is 0 Å². The van der Waals surface area contributed by atoms with Crippen LogP contribution in [0.5, 0.6) is 5.75 Å². The maximum Gasteiger partial charge on any atom is 0.312 e. The van der Waals surface area contributed by atoms with E-state index in [9.17, 15) is 4.79 Å². The van der Waals surface area contributed by atoms with Crippen LogP contribution in [0, 0.1) is 5.92 Å². The fraction of sp³-hybridized carbons (Fsp3) is 0.462. The van der Waals surface area contributed by atoms with E-state index >= 15 is 0 Å². The van der Waals surface area contributed by atoms with Gasteiger partial charge >= 0.3 is 5.97 Å². The number of esters is 1. The van der Waals surface area contributed by atoms with Crippen LogP contribution in [0.2, 0.25) is 0 Å². The Bertz CT molecular complexity index is 431. The highest BCUT2D eigenvalue weighted by Gasteiger charge is 2.32. The van der Waals surface area contributed by atoms with E-state index in [0.717, 1.165) is 17.0 Å². The minimum Gasteiger partial charge on any atom is -0.489 e. The first kappa shape index (κ1) is 11.8. The molecular formula is C13H17NO3. The molecule has 0 saturated carbocycles. The van der Waals surface area contributed by atoms with Gasteiger partial charge in [-0.2, -0.15) is 0 Å². The zero-order valence-electron chi connectivity index (χ0n) is 10.1. The zero-order valence-corrected chi connectivity index (χ0v) is 10.1. The average molecular weight is 235 g/mol. The van der Waals surface area contributed by atoms with Gasteiger partial charge in [-0.25, -0.2) is 0 Å². The van der Waals surface area contributed by atoms with Crippen LogP contribution in [0.4, 0.5) is 5.69 Å². The Balaban J connectivity index is 2.07. The Labute approximate surface area is 101 Å². The average Bonchev–Trinajstić information content (AvgIpc) is 2.71. The van der Waals surface area contributed by atoms with Crippen molar-refractivity contribution < 1.29 is 14.3 Å². The third-order valence-electron chi connectivity index (χ3n) is 3.00. The van der Waals surface area contributed by atoms with Crippen LogP contribution in [0.3, 0.4) is 0 Å². The molecule has 4 nitrogen and oxygen atoms in total. The minimum absolute atomic E-state index is 0.147. The van der Waals surface area contributed by atoms with E-state index in [1.54, 1.807) is 13.0 Å². The predicted octanol–water partition coefficient (Wildman–Crippen LogP) is 1.77. The molecule has 2 rings (SSSR count). The first-order valence-corrected chi connectivity index (χ1v) is 5.83. The van der Waals surface area contributed by atoms with Gasteiger partial charge in [-0.3, -0.25) is 4.79 Å². The number of hydrogen-bond acceptors (Lipinski definition) is 4. The van der Waals surface area contributed by atoms with Gasteiger partial charge in [0, 0.05) is 12.1 Å². The summed E-state index contributed by atoms with van der Waals surface area (Å²) in [4.78, 5) is 11.6. The molecule has 2 atom stereocenters. The molecule has 1 heterocycles. The summed E-state index contributed by atoms with van der Waals surface area (Å²) in [5.74, 6) is 0.349. The van der Waals surface area contributed by atoms with Crippen molar-refractivity contribution in [3.8, 4) is 5.75 Å². The Morgan fingerprint density at radius 1 is 1.65 bits per heavy atom. The van der Waals surface area contributed by atoms with Crippen LogP contribution < -0.4 is 10.5 Å². The Kier molecular flexibility index (Phi) is 3.22. The standard InChI is InChI=1S/C13H17NO3/c1-3-16-13(15)8(2)12-7-9-6-10(14)4-5-11(9)17-12/h4-6,8,12H,3,7,14H2,1-2H3. The number of nitrogens with two attached hydrogens (primary N) is 1. The van der Waals surface area contributed by atoms with Gasteiger partial charge in [0.2, 0.25) is 0 Å². The number of ether oxygens (including phenoxy) is 2. The van der Waals surface area contributed by atoms with E-state index in [1.807, 2.05) is 19.1 Å². The van der Waals surface area contributed by atoms with E-state index < -0.39 is 0 Å². The molecule has 1 aromatic rings. The molecule has 0 amide bonds. The second-order valence-corrected chi connectivity index (χ2v) is 4.27. The lowest BCUT2D eigenvalue weighted by Gasteiger charge is -2.17. The van der Waals surface area contributed by atoms with Gasteiger partial charge in [0.05, 0.1) is 12.5 Å². The lowest BCUT2D eigenvalue weighted by molar-refractivity contribution is -0.150. The van der Waals surface area contributed by atoms with Crippen LogP contribution in [-0.2, 0) is 16.0 Å². The molecule has 2 N–H and O–H groups in total. The first-order valence-electron chi connectivity index (χ1n) is 5.83. The van der Waals surface area contributed by atoms with Gasteiger partial charge in [-0.05, 0) is 37.6 Å². The molecule has 0 saturated heterocycles. The van der Waals surface area contributed by atoms with Crippen molar-refractivity contribution in [3.05, 3.63) is 23.8 Å². The summed E-state index contributed by atoms with van der Waals surface area (Å²) in [6.07, 6.45) is 0.561. The molecule has 92 valence electrons. The Morgan fingerprint density at radius 3 is 3.12 bits per heavy atom. The summed E-state index contributed by atoms with van der Waals surface area (Å²) < 4.78 is 10.7. The van der Waals surface area contributed by atoms with Gasteiger partial charge in [0.15, 0.2) is 0 Å². The molecule has 1 aromatic carbocycles. The largest absolute Gasteiger partial charge is 0.489 e. The normalized spacial score (nSPS) is 19.3. The summed E-state index contributed by atoms with van der Waals surface area (Å²) in [6.45, 7) is 4.03. The number of hydrogen-bond donors (Lipinski definition) is 1. The summed E-state index contributed by atoms with van der Waals surface area (Å²) in [5.41, 5.74) is 7.49. The monoisotopic (exact) mass is 235 g/mol. The maximum atomic E-state index is 11.6. The van der Waals surface area contributed by atoms with Crippen molar-refractivity contribution in [1.29, 1.82) is 0 Å². The predicted molar refractivity (Wildman–Crippen MR) is 64.8 cm³/mol. The lowest BCUT2D eigenvalue weighted by Crippen LogP contribution is -2.30.